The van der Waals surface area contributed by atoms with Gasteiger partial charge in [-0.1, -0.05) is 18.2 Å². The Hall–Kier alpha value is -3.16. The third-order valence-electron chi connectivity index (χ3n) is 3.37. The molecule has 0 aliphatic rings. The third-order valence-corrected chi connectivity index (χ3v) is 3.37. The van der Waals surface area contributed by atoms with E-state index in [4.69, 9.17) is 9.52 Å². The molecule has 0 unspecified atom stereocenters. The summed E-state index contributed by atoms with van der Waals surface area (Å²) in [5.74, 6) is -1.90. The van der Waals surface area contributed by atoms with Gasteiger partial charge >= 0.3 is 18.3 Å². The zero-order valence-corrected chi connectivity index (χ0v) is 12.1. The van der Waals surface area contributed by atoms with Gasteiger partial charge in [-0.05, 0) is 35.4 Å². The number of benzene rings is 2. The minimum atomic E-state index is -2.90. The van der Waals surface area contributed by atoms with Crippen LogP contribution in [-0.2, 0) is 11.3 Å². The van der Waals surface area contributed by atoms with Crippen molar-refractivity contribution in [3.05, 3.63) is 53.0 Å². The second-order valence-electron chi connectivity index (χ2n) is 4.93. The number of fused-ring (bicyclic) bond motifs is 1. The smallest absolute Gasteiger partial charge is 0.420 e. The summed E-state index contributed by atoms with van der Waals surface area (Å²) in [4.78, 5) is 22.6. The van der Waals surface area contributed by atoms with Crippen molar-refractivity contribution in [2.24, 2.45) is 0 Å². The minimum Gasteiger partial charge on any atom is -0.480 e. The van der Waals surface area contributed by atoms with Crippen LogP contribution in [0.1, 0.15) is 0 Å². The summed E-state index contributed by atoms with van der Waals surface area (Å²) in [6, 6.07) is 10.8. The lowest BCUT2D eigenvalue weighted by Gasteiger charge is -2.06. The molecule has 0 saturated heterocycles. The van der Waals surface area contributed by atoms with E-state index in [0.29, 0.717) is 16.6 Å². The van der Waals surface area contributed by atoms with Gasteiger partial charge in [-0.25, -0.2) is 4.79 Å². The molecule has 3 rings (SSSR count). The van der Waals surface area contributed by atoms with E-state index in [9.17, 15) is 18.4 Å². The quantitative estimate of drug-likeness (QED) is 0.775. The standard InChI is InChI=1S/C16H11F2NO5/c17-15(18)23-11-4-1-9(2-5-11)10-3-6-13-12(7-10)19(8-14(20)21)16(22)24-13/h1-7,15H,8H2,(H,20,21). The molecule has 6 nitrogen and oxygen atoms in total. The first kappa shape index (κ1) is 15.7. The Labute approximate surface area is 133 Å². The van der Waals surface area contributed by atoms with Crippen LogP contribution in [0.2, 0.25) is 0 Å². The zero-order valence-electron chi connectivity index (χ0n) is 12.1. The van der Waals surface area contributed by atoms with Crippen LogP contribution in [0.25, 0.3) is 22.2 Å². The van der Waals surface area contributed by atoms with E-state index in [1.165, 1.54) is 12.1 Å². The van der Waals surface area contributed by atoms with Crippen LogP contribution in [0.3, 0.4) is 0 Å². The van der Waals surface area contributed by atoms with Gasteiger partial charge < -0.3 is 14.3 Å². The van der Waals surface area contributed by atoms with E-state index in [-0.39, 0.29) is 11.3 Å². The molecule has 1 aromatic heterocycles. The normalized spacial score (nSPS) is 11.1. The number of halogens is 2. The Balaban J connectivity index is 2.01. The number of carboxylic acid groups (broad SMARTS) is 1. The molecule has 0 radical (unpaired) electrons. The number of hydrogen-bond donors (Lipinski definition) is 1. The molecular weight excluding hydrogens is 324 g/mol. The van der Waals surface area contributed by atoms with E-state index in [2.05, 4.69) is 4.74 Å². The average molecular weight is 335 g/mol. The van der Waals surface area contributed by atoms with Crippen LogP contribution >= 0.6 is 0 Å². The second-order valence-corrected chi connectivity index (χ2v) is 4.93. The van der Waals surface area contributed by atoms with Gasteiger partial charge in [-0.2, -0.15) is 8.78 Å². The number of nitrogens with zero attached hydrogens (tertiary/aromatic N) is 1. The third kappa shape index (κ3) is 3.12. The van der Waals surface area contributed by atoms with E-state index in [1.807, 2.05) is 0 Å². The maximum atomic E-state index is 12.2. The van der Waals surface area contributed by atoms with Gasteiger partial charge in [0.1, 0.15) is 12.3 Å². The van der Waals surface area contributed by atoms with Gasteiger partial charge in [-0.15, -0.1) is 0 Å². The Morgan fingerprint density at radius 1 is 1.17 bits per heavy atom. The van der Waals surface area contributed by atoms with E-state index in [1.54, 1.807) is 30.3 Å². The van der Waals surface area contributed by atoms with Crippen molar-refractivity contribution < 1.29 is 27.8 Å². The summed E-state index contributed by atoms with van der Waals surface area (Å²) in [6.45, 7) is -3.42. The number of carboxylic acids is 1. The summed E-state index contributed by atoms with van der Waals surface area (Å²) >= 11 is 0. The Morgan fingerprint density at radius 3 is 2.46 bits per heavy atom. The number of rotatable bonds is 5. The number of hydrogen-bond acceptors (Lipinski definition) is 4. The Bertz CT molecular complexity index is 943. The number of aromatic nitrogens is 1. The van der Waals surface area contributed by atoms with Gasteiger partial charge in [0.05, 0.1) is 5.52 Å². The summed E-state index contributed by atoms with van der Waals surface area (Å²) in [7, 11) is 0. The van der Waals surface area contributed by atoms with Crippen molar-refractivity contribution in [1.82, 2.24) is 4.57 Å². The maximum Gasteiger partial charge on any atom is 0.420 e. The molecule has 0 aliphatic carbocycles. The molecule has 3 aromatic rings. The lowest BCUT2D eigenvalue weighted by atomic mass is 10.1. The van der Waals surface area contributed by atoms with Gasteiger partial charge in [0.25, 0.3) is 0 Å². The predicted molar refractivity (Wildman–Crippen MR) is 80.2 cm³/mol. The summed E-state index contributed by atoms with van der Waals surface area (Å²) < 4.78 is 34.6. The van der Waals surface area contributed by atoms with Crippen molar-refractivity contribution in [1.29, 1.82) is 0 Å². The van der Waals surface area contributed by atoms with Gasteiger partial charge in [0, 0.05) is 0 Å². The largest absolute Gasteiger partial charge is 0.480 e. The molecule has 0 saturated carbocycles. The fraction of sp³-hybridized carbons (Fsp3) is 0.125. The lowest BCUT2D eigenvalue weighted by molar-refractivity contribution is -0.137. The first-order valence-corrected chi connectivity index (χ1v) is 6.84. The number of alkyl halides is 2. The molecule has 1 N–H and O–H groups in total. The minimum absolute atomic E-state index is 0.0286. The Morgan fingerprint density at radius 2 is 1.83 bits per heavy atom. The van der Waals surface area contributed by atoms with Gasteiger partial charge in [0.15, 0.2) is 5.58 Å². The van der Waals surface area contributed by atoms with Crippen molar-refractivity contribution >= 4 is 17.1 Å². The molecule has 24 heavy (non-hydrogen) atoms. The molecule has 0 fully saturated rings. The number of oxazole rings is 1. The number of carbonyl (C=O) groups is 1. The van der Waals surface area contributed by atoms with Crippen LogP contribution in [0, 0.1) is 0 Å². The average Bonchev–Trinajstić information content (AvgIpc) is 2.82. The summed E-state index contributed by atoms with van der Waals surface area (Å²) in [5, 5.41) is 8.88. The predicted octanol–water partition coefficient (Wildman–Crippen LogP) is 2.95. The van der Waals surface area contributed by atoms with E-state index in [0.717, 1.165) is 4.57 Å². The molecule has 0 atom stereocenters. The fourth-order valence-corrected chi connectivity index (χ4v) is 2.36. The van der Waals surface area contributed by atoms with Crippen molar-refractivity contribution in [3.63, 3.8) is 0 Å². The molecule has 0 spiro atoms. The van der Waals surface area contributed by atoms with E-state index < -0.39 is 24.9 Å². The van der Waals surface area contributed by atoms with Crippen LogP contribution in [0.5, 0.6) is 5.75 Å². The monoisotopic (exact) mass is 335 g/mol. The number of ether oxygens (including phenoxy) is 1. The van der Waals surface area contributed by atoms with Crippen molar-refractivity contribution in [2.75, 3.05) is 0 Å². The topological polar surface area (TPSA) is 81.7 Å². The first-order valence-electron chi connectivity index (χ1n) is 6.84. The molecule has 0 bridgehead atoms. The molecular formula is C16H11F2NO5. The SMILES string of the molecule is O=C(O)Cn1c(=O)oc2ccc(-c3ccc(OC(F)F)cc3)cc21. The van der Waals surface area contributed by atoms with Crippen LogP contribution in [0.15, 0.2) is 51.7 Å². The molecule has 124 valence electrons. The molecule has 0 aliphatic heterocycles. The highest BCUT2D eigenvalue weighted by molar-refractivity contribution is 5.82. The zero-order chi connectivity index (χ0) is 17.3. The van der Waals surface area contributed by atoms with Crippen molar-refractivity contribution in [3.8, 4) is 16.9 Å². The lowest BCUT2D eigenvalue weighted by Crippen LogP contribution is -2.19. The highest BCUT2D eigenvalue weighted by Gasteiger charge is 2.13. The summed E-state index contributed by atoms with van der Waals surface area (Å²) in [5.41, 5.74) is 1.97. The summed E-state index contributed by atoms with van der Waals surface area (Å²) in [6.07, 6.45) is 0. The van der Waals surface area contributed by atoms with Gasteiger partial charge in [0.2, 0.25) is 0 Å². The van der Waals surface area contributed by atoms with Crippen LogP contribution in [-0.4, -0.2) is 22.3 Å². The van der Waals surface area contributed by atoms with Crippen LogP contribution in [0.4, 0.5) is 8.78 Å². The molecule has 8 heteroatoms. The number of aliphatic carboxylic acids is 1. The molecule has 2 aromatic carbocycles. The highest BCUT2D eigenvalue weighted by atomic mass is 19.3. The van der Waals surface area contributed by atoms with Gasteiger partial charge in [-0.3, -0.25) is 9.36 Å². The molecule has 1 heterocycles. The van der Waals surface area contributed by atoms with Crippen LogP contribution < -0.4 is 10.5 Å². The maximum absolute atomic E-state index is 12.2. The van der Waals surface area contributed by atoms with Crippen molar-refractivity contribution in [2.45, 2.75) is 13.2 Å². The first-order chi connectivity index (χ1) is 11.4. The second kappa shape index (κ2) is 6.15. The molecule has 0 amide bonds. The fourth-order valence-electron chi connectivity index (χ4n) is 2.36. The van der Waals surface area contributed by atoms with E-state index >= 15 is 0 Å². The Kier molecular flexibility index (Phi) is 4.03. The highest BCUT2D eigenvalue weighted by Crippen LogP contribution is 2.26.